The first-order valence-corrected chi connectivity index (χ1v) is 9.52. The molecule has 0 bridgehead atoms. The molecule has 2 aliphatic heterocycles. The van der Waals surface area contributed by atoms with E-state index in [-0.39, 0.29) is 0 Å². The first-order chi connectivity index (χ1) is 12.7. The van der Waals surface area contributed by atoms with Gasteiger partial charge in [-0.25, -0.2) is 4.99 Å². The summed E-state index contributed by atoms with van der Waals surface area (Å²) in [7, 11) is 1.62. The number of methoxy groups -OCH3 is 1. The monoisotopic (exact) mass is 390 g/mol. The maximum Gasteiger partial charge on any atom is 0.211 e. The Labute approximate surface area is 161 Å². The van der Waals surface area contributed by atoms with Crippen LogP contribution in [0.25, 0.3) is 0 Å². The minimum absolute atomic E-state index is 0.624. The van der Waals surface area contributed by atoms with Crippen LogP contribution >= 0.6 is 23.5 Å². The SMILES string of the molecule is COc1cc(Cl)cc2c1N=C(Nc1ccccc1N1CCOCC1)NS2. The number of morpholine rings is 1. The summed E-state index contributed by atoms with van der Waals surface area (Å²) in [6, 6.07) is 11.9. The van der Waals surface area contributed by atoms with E-state index in [9.17, 15) is 0 Å². The van der Waals surface area contributed by atoms with E-state index in [0.717, 1.165) is 48.3 Å². The average Bonchev–Trinajstić information content (AvgIpc) is 2.68. The van der Waals surface area contributed by atoms with E-state index in [4.69, 9.17) is 21.1 Å². The van der Waals surface area contributed by atoms with Gasteiger partial charge in [-0.3, -0.25) is 4.72 Å². The molecule has 2 aromatic carbocycles. The number of anilines is 2. The van der Waals surface area contributed by atoms with Gasteiger partial charge in [-0.2, -0.15) is 0 Å². The normalized spacial score (nSPS) is 16.4. The Hall–Kier alpha value is -2.09. The lowest BCUT2D eigenvalue weighted by Crippen LogP contribution is -2.37. The lowest BCUT2D eigenvalue weighted by atomic mass is 10.2. The van der Waals surface area contributed by atoms with Gasteiger partial charge in [-0.05, 0) is 30.1 Å². The van der Waals surface area contributed by atoms with Gasteiger partial charge in [0.05, 0.1) is 36.6 Å². The molecule has 136 valence electrons. The molecule has 26 heavy (non-hydrogen) atoms. The van der Waals surface area contributed by atoms with Gasteiger partial charge in [0.1, 0.15) is 11.4 Å². The fourth-order valence-electron chi connectivity index (χ4n) is 2.97. The third kappa shape index (κ3) is 3.56. The van der Waals surface area contributed by atoms with E-state index >= 15 is 0 Å². The largest absolute Gasteiger partial charge is 0.494 e. The summed E-state index contributed by atoms with van der Waals surface area (Å²) in [4.78, 5) is 7.93. The quantitative estimate of drug-likeness (QED) is 0.775. The van der Waals surface area contributed by atoms with Crippen LogP contribution in [0, 0.1) is 0 Å². The van der Waals surface area contributed by atoms with Crippen molar-refractivity contribution < 1.29 is 9.47 Å². The number of nitrogens with one attached hydrogen (secondary N) is 2. The molecule has 0 aliphatic carbocycles. The molecule has 0 saturated carbocycles. The molecule has 0 aromatic heterocycles. The van der Waals surface area contributed by atoms with Crippen molar-refractivity contribution in [3.05, 3.63) is 41.4 Å². The molecule has 0 amide bonds. The van der Waals surface area contributed by atoms with Gasteiger partial charge in [0.15, 0.2) is 0 Å². The fraction of sp³-hybridized carbons (Fsp3) is 0.278. The lowest BCUT2D eigenvalue weighted by Gasteiger charge is -2.31. The number of halogens is 1. The second kappa shape index (κ2) is 7.65. The summed E-state index contributed by atoms with van der Waals surface area (Å²) in [5.41, 5.74) is 2.91. The lowest BCUT2D eigenvalue weighted by molar-refractivity contribution is 0.123. The Morgan fingerprint density at radius 3 is 2.88 bits per heavy atom. The number of hydrogen-bond acceptors (Lipinski definition) is 7. The topological polar surface area (TPSA) is 58.1 Å². The van der Waals surface area contributed by atoms with Crippen molar-refractivity contribution in [3.8, 4) is 5.75 Å². The number of benzene rings is 2. The smallest absolute Gasteiger partial charge is 0.211 e. The molecule has 1 saturated heterocycles. The molecule has 0 atom stereocenters. The number of aliphatic imine (C=N–C) groups is 1. The first kappa shape index (κ1) is 17.3. The van der Waals surface area contributed by atoms with E-state index in [1.54, 1.807) is 13.2 Å². The Bertz CT molecular complexity index is 840. The second-order valence-electron chi connectivity index (χ2n) is 5.86. The van der Waals surface area contributed by atoms with Crippen molar-refractivity contribution in [2.75, 3.05) is 43.6 Å². The molecule has 8 heteroatoms. The minimum Gasteiger partial charge on any atom is -0.494 e. The average molecular weight is 391 g/mol. The second-order valence-corrected chi connectivity index (χ2v) is 7.15. The molecule has 2 aliphatic rings. The number of para-hydroxylation sites is 2. The first-order valence-electron chi connectivity index (χ1n) is 8.32. The maximum absolute atomic E-state index is 6.13. The molecule has 1 fully saturated rings. The molecule has 0 radical (unpaired) electrons. The molecule has 6 nitrogen and oxygen atoms in total. The summed E-state index contributed by atoms with van der Waals surface area (Å²) in [5, 5.41) is 4.02. The van der Waals surface area contributed by atoms with E-state index in [1.165, 1.54) is 11.9 Å². The number of fused-ring (bicyclic) bond motifs is 1. The molecule has 0 spiro atoms. The molecular weight excluding hydrogens is 372 g/mol. The van der Waals surface area contributed by atoms with Crippen molar-refractivity contribution in [3.63, 3.8) is 0 Å². The highest BCUT2D eigenvalue weighted by atomic mass is 35.5. The van der Waals surface area contributed by atoms with Crippen LogP contribution in [0.4, 0.5) is 17.1 Å². The predicted octanol–water partition coefficient (Wildman–Crippen LogP) is 3.90. The van der Waals surface area contributed by atoms with Gasteiger partial charge in [-0.1, -0.05) is 23.7 Å². The summed E-state index contributed by atoms with van der Waals surface area (Å²) < 4.78 is 14.1. The van der Waals surface area contributed by atoms with E-state index < -0.39 is 0 Å². The number of hydrogen-bond donors (Lipinski definition) is 2. The summed E-state index contributed by atoms with van der Waals surface area (Å²) >= 11 is 7.59. The molecule has 2 heterocycles. The Morgan fingerprint density at radius 1 is 1.27 bits per heavy atom. The van der Waals surface area contributed by atoms with Crippen LogP contribution in [0.3, 0.4) is 0 Å². The standard InChI is InChI=1S/C18H19ClN4O2S/c1-24-15-10-12(19)11-16-17(15)21-18(22-26-16)20-13-4-2-3-5-14(13)23-6-8-25-9-7-23/h2-5,10-11H,6-9H2,1H3,(H2,20,21,22). The Kier molecular flexibility index (Phi) is 5.10. The number of guanidine groups is 1. The zero-order chi connectivity index (χ0) is 17.9. The third-order valence-electron chi connectivity index (χ3n) is 4.21. The fourth-order valence-corrected chi connectivity index (χ4v) is 3.98. The maximum atomic E-state index is 6.13. The van der Waals surface area contributed by atoms with Crippen molar-refractivity contribution in [2.45, 2.75) is 4.90 Å². The molecular formula is C18H19ClN4O2S. The zero-order valence-corrected chi connectivity index (χ0v) is 15.9. The van der Waals surface area contributed by atoms with E-state index in [1.807, 2.05) is 24.3 Å². The van der Waals surface area contributed by atoms with E-state index in [0.29, 0.717) is 16.7 Å². The predicted molar refractivity (Wildman–Crippen MR) is 107 cm³/mol. The molecule has 0 unspecified atom stereocenters. The summed E-state index contributed by atoms with van der Waals surface area (Å²) in [6.07, 6.45) is 0. The van der Waals surface area contributed by atoms with Gasteiger partial charge in [0.2, 0.25) is 5.96 Å². The van der Waals surface area contributed by atoms with Crippen LogP contribution in [0.1, 0.15) is 0 Å². The van der Waals surface area contributed by atoms with Gasteiger partial charge in [0, 0.05) is 24.2 Å². The van der Waals surface area contributed by atoms with Crippen LogP contribution in [-0.2, 0) is 4.74 Å². The van der Waals surface area contributed by atoms with Gasteiger partial charge < -0.3 is 19.7 Å². The highest BCUT2D eigenvalue weighted by Crippen LogP contribution is 2.41. The molecule has 2 N–H and O–H groups in total. The third-order valence-corrected chi connectivity index (χ3v) is 5.26. The van der Waals surface area contributed by atoms with Crippen LogP contribution in [0.15, 0.2) is 46.3 Å². The van der Waals surface area contributed by atoms with Crippen molar-refractivity contribution in [1.82, 2.24) is 4.72 Å². The van der Waals surface area contributed by atoms with E-state index in [2.05, 4.69) is 26.0 Å². The Morgan fingerprint density at radius 2 is 2.08 bits per heavy atom. The highest BCUT2D eigenvalue weighted by molar-refractivity contribution is 7.98. The van der Waals surface area contributed by atoms with Crippen molar-refractivity contribution in [2.24, 2.45) is 4.99 Å². The van der Waals surface area contributed by atoms with Crippen LogP contribution in [-0.4, -0.2) is 39.4 Å². The minimum atomic E-state index is 0.624. The summed E-state index contributed by atoms with van der Waals surface area (Å²) in [6.45, 7) is 3.24. The van der Waals surface area contributed by atoms with Crippen LogP contribution < -0.4 is 19.7 Å². The van der Waals surface area contributed by atoms with Crippen molar-refractivity contribution >= 4 is 46.6 Å². The van der Waals surface area contributed by atoms with Crippen LogP contribution in [0.2, 0.25) is 5.02 Å². The van der Waals surface area contributed by atoms with Gasteiger partial charge in [-0.15, -0.1) is 0 Å². The van der Waals surface area contributed by atoms with Gasteiger partial charge in [0.25, 0.3) is 0 Å². The highest BCUT2D eigenvalue weighted by Gasteiger charge is 2.20. The van der Waals surface area contributed by atoms with Crippen LogP contribution in [0.5, 0.6) is 5.75 Å². The number of ether oxygens (including phenoxy) is 2. The molecule has 2 aromatic rings. The molecule has 4 rings (SSSR count). The number of rotatable bonds is 3. The summed E-state index contributed by atoms with van der Waals surface area (Å²) in [5.74, 6) is 1.31. The van der Waals surface area contributed by atoms with Crippen molar-refractivity contribution in [1.29, 1.82) is 0 Å². The Balaban J connectivity index is 1.63. The van der Waals surface area contributed by atoms with Gasteiger partial charge >= 0.3 is 0 Å². The zero-order valence-electron chi connectivity index (χ0n) is 14.3. The number of nitrogens with zero attached hydrogens (tertiary/aromatic N) is 2.